The van der Waals surface area contributed by atoms with Gasteiger partial charge in [-0.25, -0.2) is 0 Å². The maximum absolute atomic E-state index is 5.40. The maximum atomic E-state index is 5.40. The standard InChI is InChI=1S/C9H21NO2/c1-11-7-9(8-12-2)5-3-4-6-10/h9H,3-8,10H2,1-2H3. The third kappa shape index (κ3) is 6.58. The largest absolute Gasteiger partial charge is 0.384 e. The molecule has 0 bridgehead atoms. The SMILES string of the molecule is COCC(CCCCN)COC. The molecule has 0 aliphatic heterocycles. The molecule has 3 nitrogen and oxygen atoms in total. The molecule has 0 saturated heterocycles. The van der Waals surface area contributed by atoms with Gasteiger partial charge in [-0.3, -0.25) is 0 Å². The van der Waals surface area contributed by atoms with Crippen molar-refractivity contribution in [2.75, 3.05) is 34.0 Å². The van der Waals surface area contributed by atoms with Gasteiger partial charge in [0, 0.05) is 20.1 Å². The molecule has 0 aliphatic rings. The summed E-state index contributed by atoms with van der Waals surface area (Å²) in [5.41, 5.74) is 5.40. The Morgan fingerprint density at radius 2 is 1.67 bits per heavy atom. The van der Waals surface area contributed by atoms with E-state index in [-0.39, 0.29) is 0 Å². The molecule has 0 spiro atoms. The molecule has 0 heterocycles. The van der Waals surface area contributed by atoms with Gasteiger partial charge in [0.05, 0.1) is 13.2 Å². The Hall–Kier alpha value is -0.120. The number of unbranched alkanes of at least 4 members (excludes halogenated alkanes) is 1. The highest BCUT2D eigenvalue weighted by molar-refractivity contribution is 4.57. The summed E-state index contributed by atoms with van der Waals surface area (Å²) >= 11 is 0. The topological polar surface area (TPSA) is 44.5 Å². The zero-order valence-electron chi connectivity index (χ0n) is 8.21. The van der Waals surface area contributed by atoms with Gasteiger partial charge in [0.1, 0.15) is 0 Å². The summed E-state index contributed by atoms with van der Waals surface area (Å²) in [4.78, 5) is 0. The van der Waals surface area contributed by atoms with E-state index in [0.29, 0.717) is 5.92 Å². The molecule has 0 aromatic heterocycles. The number of hydrogen-bond donors (Lipinski definition) is 1. The lowest BCUT2D eigenvalue weighted by molar-refractivity contribution is 0.0793. The summed E-state index contributed by atoms with van der Waals surface area (Å²) in [6, 6.07) is 0. The van der Waals surface area contributed by atoms with Crippen molar-refractivity contribution in [1.82, 2.24) is 0 Å². The highest BCUT2D eigenvalue weighted by Gasteiger charge is 2.06. The molecule has 0 fully saturated rings. The van der Waals surface area contributed by atoms with Crippen molar-refractivity contribution in [3.8, 4) is 0 Å². The first-order chi connectivity index (χ1) is 5.85. The number of ether oxygens (including phenoxy) is 2. The van der Waals surface area contributed by atoms with Gasteiger partial charge < -0.3 is 15.2 Å². The van der Waals surface area contributed by atoms with E-state index in [1.165, 1.54) is 6.42 Å². The van der Waals surface area contributed by atoms with E-state index in [0.717, 1.165) is 32.6 Å². The first-order valence-corrected chi connectivity index (χ1v) is 4.53. The lowest BCUT2D eigenvalue weighted by Crippen LogP contribution is -2.14. The van der Waals surface area contributed by atoms with Crippen molar-refractivity contribution in [2.45, 2.75) is 19.3 Å². The summed E-state index contributed by atoms with van der Waals surface area (Å²) < 4.78 is 10.2. The average molecular weight is 175 g/mol. The third-order valence-electron chi connectivity index (χ3n) is 1.87. The molecule has 74 valence electrons. The van der Waals surface area contributed by atoms with Crippen LogP contribution in [0.3, 0.4) is 0 Å². The van der Waals surface area contributed by atoms with E-state index in [4.69, 9.17) is 15.2 Å². The van der Waals surface area contributed by atoms with Crippen LogP contribution in [0.4, 0.5) is 0 Å². The van der Waals surface area contributed by atoms with E-state index >= 15 is 0 Å². The monoisotopic (exact) mass is 175 g/mol. The highest BCUT2D eigenvalue weighted by Crippen LogP contribution is 2.08. The van der Waals surface area contributed by atoms with Crippen LogP contribution in [0.25, 0.3) is 0 Å². The second-order valence-electron chi connectivity index (χ2n) is 3.06. The molecule has 0 aliphatic carbocycles. The first-order valence-electron chi connectivity index (χ1n) is 4.53. The average Bonchev–Trinajstić information content (AvgIpc) is 2.06. The molecule has 0 radical (unpaired) electrons. The van der Waals surface area contributed by atoms with Crippen molar-refractivity contribution >= 4 is 0 Å². The van der Waals surface area contributed by atoms with Crippen LogP contribution < -0.4 is 5.73 Å². The summed E-state index contributed by atoms with van der Waals surface area (Å²) in [7, 11) is 3.46. The Morgan fingerprint density at radius 3 is 2.08 bits per heavy atom. The fraction of sp³-hybridized carbons (Fsp3) is 1.00. The number of nitrogens with two attached hydrogens (primary N) is 1. The van der Waals surface area contributed by atoms with Crippen molar-refractivity contribution in [3.05, 3.63) is 0 Å². The normalized spacial score (nSPS) is 11.0. The van der Waals surface area contributed by atoms with Crippen molar-refractivity contribution < 1.29 is 9.47 Å². The minimum Gasteiger partial charge on any atom is -0.384 e. The molecular formula is C9H21NO2. The predicted octanol–water partition coefficient (Wildman–Crippen LogP) is 1.02. The molecule has 0 aromatic carbocycles. The van der Waals surface area contributed by atoms with Crippen molar-refractivity contribution in [1.29, 1.82) is 0 Å². The van der Waals surface area contributed by atoms with E-state index in [1.807, 2.05) is 0 Å². The molecule has 0 amide bonds. The van der Waals surface area contributed by atoms with Crippen molar-refractivity contribution in [2.24, 2.45) is 11.7 Å². The number of methoxy groups -OCH3 is 2. The molecule has 0 aromatic rings. The van der Waals surface area contributed by atoms with Gasteiger partial charge >= 0.3 is 0 Å². The smallest absolute Gasteiger partial charge is 0.0512 e. The van der Waals surface area contributed by atoms with Crippen LogP contribution in [-0.2, 0) is 9.47 Å². The fourth-order valence-electron chi connectivity index (χ4n) is 1.26. The number of hydrogen-bond acceptors (Lipinski definition) is 3. The Kier molecular flexibility index (Phi) is 8.88. The van der Waals surface area contributed by atoms with Gasteiger partial charge in [-0.2, -0.15) is 0 Å². The third-order valence-corrected chi connectivity index (χ3v) is 1.87. The van der Waals surface area contributed by atoms with Gasteiger partial charge in [-0.1, -0.05) is 6.42 Å². The molecule has 0 unspecified atom stereocenters. The predicted molar refractivity (Wildman–Crippen MR) is 50.1 cm³/mol. The Labute approximate surface area is 75.2 Å². The summed E-state index contributed by atoms with van der Waals surface area (Å²) in [5, 5.41) is 0. The van der Waals surface area contributed by atoms with Gasteiger partial charge in [0.2, 0.25) is 0 Å². The van der Waals surface area contributed by atoms with Gasteiger partial charge in [-0.05, 0) is 19.4 Å². The molecule has 0 saturated carbocycles. The quantitative estimate of drug-likeness (QED) is 0.560. The van der Waals surface area contributed by atoms with Crippen LogP contribution in [0.2, 0.25) is 0 Å². The molecule has 0 atom stereocenters. The minimum atomic E-state index is 0.534. The van der Waals surface area contributed by atoms with Crippen LogP contribution in [0.15, 0.2) is 0 Å². The van der Waals surface area contributed by atoms with Crippen LogP contribution in [0.1, 0.15) is 19.3 Å². The second kappa shape index (κ2) is 8.97. The Bertz CT molecular complexity index is 82.6. The van der Waals surface area contributed by atoms with Gasteiger partial charge in [0.25, 0.3) is 0 Å². The maximum Gasteiger partial charge on any atom is 0.0512 e. The Morgan fingerprint density at radius 1 is 1.08 bits per heavy atom. The first kappa shape index (κ1) is 11.9. The van der Waals surface area contributed by atoms with Crippen LogP contribution in [-0.4, -0.2) is 34.0 Å². The highest BCUT2D eigenvalue weighted by atomic mass is 16.5. The lowest BCUT2D eigenvalue weighted by atomic mass is 10.0. The van der Waals surface area contributed by atoms with E-state index < -0.39 is 0 Å². The van der Waals surface area contributed by atoms with E-state index in [2.05, 4.69) is 0 Å². The molecular weight excluding hydrogens is 154 g/mol. The molecule has 3 heteroatoms. The van der Waals surface area contributed by atoms with Crippen LogP contribution in [0.5, 0.6) is 0 Å². The summed E-state index contributed by atoms with van der Waals surface area (Å²) in [5.74, 6) is 0.534. The second-order valence-corrected chi connectivity index (χ2v) is 3.06. The molecule has 12 heavy (non-hydrogen) atoms. The van der Waals surface area contributed by atoms with Gasteiger partial charge in [-0.15, -0.1) is 0 Å². The van der Waals surface area contributed by atoms with Crippen LogP contribution >= 0.6 is 0 Å². The van der Waals surface area contributed by atoms with E-state index in [9.17, 15) is 0 Å². The lowest BCUT2D eigenvalue weighted by Gasteiger charge is -2.14. The summed E-state index contributed by atoms with van der Waals surface area (Å²) in [6.45, 7) is 2.36. The number of rotatable bonds is 8. The summed E-state index contributed by atoms with van der Waals surface area (Å²) in [6.07, 6.45) is 3.43. The van der Waals surface area contributed by atoms with Crippen molar-refractivity contribution in [3.63, 3.8) is 0 Å². The van der Waals surface area contributed by atoms with E-state index in [1.54, 1.807) is 14.2 Å². The fourth-order valence-corrected chi connectivity index (χ4v) is 1.26. The minimum absolute atomic E-state index is 0.534. The Balaban J connectivity index is 3.34. The molecule has 0 rings (SSSR count). The zero-order chi connectivity index (χ0) is 9.23. The van der Waals surface area contributed by atoms with Crippen LogP contribution in [0, 0.1) is 5.92 Å². The molecule has 2 N–H and O–H groups in total. The van der Waals surface area contributed by atoms with Gasteiger partial charge in [0.15, 0.2) is 0 Å². The zero-order valence-corrected chi connectivity index (χ0v) is 8.21.